The van der Waals surface area contributed by atoms with Gasteiger partial charge >= 0.3 is 5.97 Å². The van der Waals surface area contributed by atoms with Crippen LogP contribution in [0.5, 0.6) is 0 Å². The largest absolute Gasteiger partial charge is 0.478 e. The van der Waals surface area contributed by atoms with Crippen LogP contribution < -0.4 is 11.3 Å². The van der Waals surface area contributed by atoms with Crippen LogP contribution in [0.4, 0.5) is 0 Å². The third-order valence-electron chi connectivity index (χ3n) is 4.53. The van der Waals surface area contributed by atoms with Crippen LogP contribution in [-0.2, 0) is 6.42 Å². The van der Waals surface area contributed by atoms with E-state index in [1.165, 1.54) is 34.9 Å². The summed E-state index contributed by atoms with van der Waals surface area (Å²) in [5.41, 5.74) is 5.35. The summed E-state index contributed by atoms with van der Waals surface area (Å²) in [6.45, 7) is 3.86. The highest BCUT2D eigenvalue weighted by atomic mass is 16.4. The number of pyridine rings is 1. The molecule has 3 rings (SSSR count). The quantitative estimate of drug-likeness (QED) is 0.871. The van der Waals surface area contributed by atoms with Crippen molar-refractivity contribution >= 4 is 17.7 Å². The molecule has 1 amide bonds. The zero-order valence-corrected chi connectivity index (χ0v) is 14.4. The van der Waals surface area contributed by atoms with E-state index in [2.05, 4.69) is 0 Å². The van der Waals surface area contributed by atoms with Crippen LogP contribution in [0.2, 0.25) is 0 Å². The molecule has 7 nitrogen and oxygen atoms in total. The van der Waals surface area contributed by atoms with Crippen molar-refractivity contribution in [2.45, 2.75) is 26.7 Å². The number of hydrogen-bond acceptors (Lipinski definition) is 4. The lowest BCUT2D eigenvalue weighted by Gasteiger charge is -2.32. The van der Waals surface area contributed by atoms with Gasteiger partial charge in [-0.2, -0.15) is 0 Å². The number of nitrogens with zero attached hydrogens (tertiary/aromatic N) is 1. The second kappa shape index (κ2) is 5.94. The molecular formula is C19H18N2O5. The Bertz CT molecular complexity index is 1000. The molecule has 1 heterocycles. The van der Waals surface area contributed by atoms with E-state index in [0.717, 1.165) is 0 Å². The molecule has 3 N–H and O–H groups in total. The predicted molar refractivity (Wildman–Crippen MR) is 93.9 cm³/mol. The highest BCUT2D eigenvalue weighted by Crippen LogP contribution is 2.35. The van der Waals surface area contributed by atoms with E-state index >= 15 is 0 Å². The molecule has 1 aliphatic carbocycles. The number of carbonyl (C=O) groups is 3. The lowest BCUT2D eigenvalue weighted by molar-refractivity contribution is 0.0696. The van der Waals surface area contributed by atoms with Crippen LogP contribution in [0.1, 0.15) is 57.0 Å². The Labute approximate surface area is 149 Å². The Kier molecular flexibility index (Phi) is 4.02. The van der Waals surface area contributed by atoms with Gasteiger partial charge < -0.3 is 10.8 Å². The third kappa shape index (κ3) is 2.92. The summed E-state index contributed by atoms with van der Waals surface area (Å²) in [6.07, 6.45) is 0.761. The van der Waals surface area contributed by atoms with Gasteiger partial charge in [-0.3, -0.25) is 19.0 Å². The fourth-order valence-electron chi connectivity index (χ4n) is 3.32. The fraction of sp³-hybridized carbons (Fsp3) is 0.263. The molecule has 0 bridgehead atoms. The summed E-state index contributed by atoms with van der Waals surface area (Å²) in [4.78, 5) is 48.2. The van der Waals surface area contributed by atoms with Crippen LogP contribution in [0.3, 0.4) is 0 Å². The number of rotatable bonds is 3. The standard InChI is InChI=1S/C19H18N2O5/c1-19(2)8-14-12(15(22)9-19)7-13(16(20)23)17(24)21(14)11-5-3-10(4-6-11)18(25)26/h3-7H,8-9H2,1-2H3,(H2,20,23)(H,25,26). The van der Waals surface area contributed by atoms with Gasteiger partial charge in [-0.1, -0.05) is 13.8 Å². The highest BCUT2D eigenvalue weighted by molar-refractivity contribution is 6.02. The normalized spacial score (nSPS) is 15.4. The summed E-state index contributed by atoms with van der Waals surface area (Å²) in [6, 6.07) is 6.95. The zero-order chi connectivity index (χ0) is 19.2. The van der Waals surface area contributed by atoms with Gasteiger partial charge in [0.05, 0.1) is 5.56 Å². The molecule has 0 saturated heterocycles. The minimum absolute atomic E-state index is 0.0677. The van der Waals surface area contributed by atoms with E-state index in [-0.39, 0.29) is 22.3 Å². The average Bonchev–Trinajstić information content (AvgIpc) is 2.53. The van der Waals surface area contributed by atoms with E-state index in [1.54, 1.807) is 0 Å². The number of amides is 1. The Morgan fingerprint density at radius 2 is 1.73 bits per heavy atom. The second-order valence-corrected chi connectivity index (χ2v) is 7.22. The van der Waals surface area contributed by atoms with E-state index in [0.29, 0.717) is 29.8 Å². The molecule has 0 saturated carbocycles. The summed E-state index contributed by atoms with van der Waals surface area (Å²) >= 11 is 0. The number of aromatic nitrogens is 1. The number of benzene rings is 1. The van der Waals surface area contributed by atoms with Gasteiger partial charge in [0.1, 0.15) is 5.56 Å². The first-order chi connectivity index (χ1) is 12.1. The van der Waals surface area contributed by atoms with Crippen molar-refractivity contribution in [3.63, 3.8) is 0 Å². The molecule has 0 radical (unpaired) electrons. The second-order valence-electron chi connectivity index (χ2n) is 7.22. The van der Waals surface area contributed by atoms with E-state index in [9.17, 15) is 19.2 Å². The van der Waals surface area contributed by atoms with Gasteiger partial charge in [0, 0.05) is 23.4 Å². The van der Waals surface area contributed by atoms with E-state index < -0.39 is 17.4 Å². The first-order valence-corrected chi connectivity index (χ1v) is 8.06. The molecular weight excluding hydrogens is 336 g/mol. The molecule has 2 aromatic rings. The molecule has 0 spiro atoms. The topological polar surface area (TPSA) is 119 Å². The van der Waals surface area contributed by atoms with Crippen LogP contribution in [0, 0.1) is 5.41 Å². The number of hydrogen-bond donors (Lipinski definition) is 2. The van der Waals surface area contributed by atoms with Crippen molar-refractivity contribution in [1.82, 2.24) is 4.57 Å². The Morgan fingerprint density at radius 3 is 2.27 bits per heavy atom. The summed E-state index contributed by atoms with van der Waals surface area (Å²) < 4.78 is 1.29. The predicted octanol–water partition coefficient (Wildman–Crippen LogP) is 1.79. The summed E-state index contributed by atoms with van der Waals surface area (Å²) in [7, 11) is 0. The number of carboxylic acid groups (broad SMARTS) is 1. The van der Waals surface area contributed by atoms with Crippen LogP contribution >= 0.6 is 0 Å². The number of Topliss-reactive ketones (excluding diaryl/α,β-unsaturated/α-hetero) is 1. The third-order valence-corrected chi connectivity index (χ3v) is 4.53. The zero-order valence-electron chi connectivity index (χ0n) is 14.4. The monoisotopic (exact) mass is 354 g/mol. The summed E-state index contributed by atoms with van der Waals surface area (Å²) in [5.74, 6) is -2.16. The maximum atomic E-state index is 12.9. The number of carbonyl (C=O) groups excluding carboxylic acids is 2. The maximum absolute atomic E-state index is 12.9. The van der Waals surface area contributed by atoms with Crippen molar-refractivity contribution < 1.29 is 19.5 Å². The molecule has 1 aromatic carbocycles. The van der Waals surface area contributed by atoms with Crippen LogP contribution in [0.15, 0.2) is 35.1 Å². The van der Waals surface area contributed by atoms with Gasteiger partial charge in [0.2, 0.25) is 0 Å². The van der Waals surface area contributed by atoms with Crippen molar-refractivity contribution in [3.05, 3.63) is 63.1 Å². The molecule has 134 valence electrons. The Hall–Kier alpha value is -3.22. The van der Waals surface area contributed by atoms with Gasteiger partial charge in [-0.05, 0) is 42.2 Å². The molecule has 7 heteroatoms. The van der Waals surface area contributed by atoms with Crippen LogP contribution in [0.25, 0.3) is 5.69 Å². The number of aromatic carboxylic acids is 1. The molecule has 1 aliphatic rings. The van der Waals surface area contributed by atoms with Crippen molar-refractivity contribution in [1.29, 1.82) is 0 Å². The number of nitrogens with two attached hydrogens (primary N) is 1. The molecule has 0 atom stereocenters. The highest BCUT2D eigenvalue weighted by Gasteiger charge is 2.34. The summed E-state index contributed by atoms with van der Waals surface area (Å²) in [5, 5.41) is 9.04. The Morgan fingerprint density at radius 1 is 1.12 bits per heavy atom. The minimum atomic E-state index is -1.09. The lowest BCUT2D eigenvalue weighted by atomic mass is 9.75. The van der Waals surface area contributed by atoms with Crippen molar-refractivity contribution in [2.24, 2.45) is 11.1 Å². The van der Waals surface area contributed by atoms with E-state index in [1.807, 2.05) is 13.8 Å². The molecule has 0 fully saturated rings. The lowest BCUT2D eigenvalue weighted by Crippen LogP contribution is -2.37. The maximum Gasteiger partial charge on any atom is 0.335 e. The number of primary amides is 1. The molecule has 26 heavy (non-hydrogen) atoms. The van der Waals surface area contributed by atoms with Gasteiger partial charge in [-0.15, -0.1) is 0 Å². The number of ketones is 1. The van der Waals surface area contributed by atoms with Crippen LogP contribution in [-0.4, -0.2) is 27.3 Å². The van der Waals surface area contributed by atoms with Crippen molar-refractivity contribution in [3.8, 4) is 5.69 Å². The molecule has 0 aliphatic heterocycles. The Balaban J connectivity index is 2.33. The first-order valence-electron chi connectivity index (χ1n) is 8.06. The first kappa shape index (κ1) is 17.6. The minimum Gasteiger partial charge on any atom is -0.478 e. The van der Waals surface area contributed by atoms with Gasteiger partial charge in [0.15, 0.2) is 5.78 Å². The van der Waals surface area contributed by atoms with Crippen molar-refractivity contribution in [2.75, 3.05) is 0 Å². The number of carboxylic acids is 1. The SMILES string of the molecule is CC1(C)CC(=O)c2cc(C(N)=O)c(=O)n(-c3ccc(C(=O)O)cc3)c2C1. The fourth-order valence-corrected chi connectivity index (χ4v) is 3.32. The molecule has 1 aromatic heterocycles. The van der Waals surface area contributed by atoms with Gasteiger partial charge in [0.25, 0.3) is 11.5 Å². The smallest absolute Gasteiger partial charge is 0.335 e. The van der Waals surface area contributed by atoms with E-state index in [4.69, 9.17) is 10.8 Å². The molecule has 0 unspecified atom stereocenters. The van der Waals surface area contributed by atoms with Gasteiger partial charge in [-0.25, -0.2) is 4.79 Å². The average molecular weight is 354 g/mol. The number of fused-ring (bicyclic) bond motifs is 1.